The molecule has 0 bridgehead atoms. The van der Waals surface area contributed by atoms with Crippen LogP contribution in [-0.2, 0) is 28.3 Å². The lowest BCUT2D eigenvalue weighted by Crippen LogP contribution is -2.15. The Morgan fingerprint density at radius 2 is 1.73 bits per heavy atom. The molecule has 0 amide bonds. The van der Waals surface area contributed by atoms with Gasteiger partial charge in [0.15, 0.2) is 5.82 Å². The molecule has 33 heavy (non-hydrogen) atoms. The summed E-state index contributed by atoms with van der Waals surface area (Å²) < 4.78 is 84.9. The second kappa shape index (κ2) is 9.33. The first kappa shape index (κ1) is 24.4. The van der Waals surface area contributed by atoms with Gasteiger partial charge in [0.1, 0.15) is 6.33 Å². The number of esters is 1. The number of halogens is 6. The highest BCUT2D eigenvalue weighted by Crippen LogP contribution is 2.38. The van der Waals surface area contributed by atoms with Gasteiger partial charge in [0.2, 0.25) is 0 Å². The molecule has 1 aromatic carbocycles. The fourth-order valence-electron chi connectivity index (χ4n) is 2.68. The van der Waals surface area contributed by atoms with Crippen molar-refractivity contribution in [2.45, 2.75) is 38.7 Å². The molecule has 0 saturated heterocycles. The van der Waals surface area contributed by atoms with E-state index in [0.717, 1.165) is 11.0 Å². The molecular weight excluding hydrogens is 474 g/mol. The van der Waals surface area contributed by atoms with Crippen molar-refractivity contribution in [3.8, 4) is 11.4 Å². The monoisotopic (exact) mass is 490 g/mol. The fourth-order valence-corrected chi connectivity index (χ4v) is 3.32. The third-order valence-corrected chi connectivity index (χ3v) is 4.85. The van der Waals surface area contributed by atoms with Crippen molar-refractivity contribution >= 4 is 23.5 Å². The number of thiazole rings is 1. The van der Waals surface area contributed by atoms with E-state index in [2.05, 4.69) is 15.1 Å². The summed E-state index contributed by atoms with van der Waals surface area (Å²) in [6.45, 7) is 3.30. The molecule has 0 aliphatic rings. The van der Waals surface area contributed by atoms with Crippen molar-refractivity contribution in [3.63, 3.8) is 0 Å². The van der Waals surface area contributed by atoms with Crippen LogP contribution < -0.4 is 0 Å². The zero-order chi connectivity index (χ0) is 24.4. The predicted molar refractivity (Wildman–Crippen MR) is 107 cm³/mol. The largest absolute Gasteiger partial charge is 0.460 e. The number of ether oxygens (including phenoxy) is 1. The Morgan fingerprint density at radius 1 is 1.09 bits per heavy atom. The molecule has 13 heteroatoms. The molecule has 176 valence electrons. The van der Waals surface area contributed by atoms with Crippen LogP contribution >= 0.6 is 11.3 Å². The Labute approximate surface area is 187 Å². The van der Waals surface area contributed by atoms with E-state index >= 15 is 0 Å². The third kappa shape index (κ3) is 6.40. The fraction of sp³-hybridized carbons (Fsp3) is 0.300. The standard InChI is InChI=1S/C20H16F6N4O2S/c1-11(2)32-18(31)13(7-16-27-3-4-33-16)9-30-10-28-17(29-30)12-5-14(19(21,22)23)8-15(6-12)20(24,25)26/h3-6,8-11H,7H2,1-2H3. The van der Waals surface area contributed by atoms with Gasteiger partial charge in [0.25, 0.3) is 0 Å². The molecule has 0 N–H and O–H groups in total. The van der Waals surface area contributed by atoms with E-state index in [-0.39, 0.29) is 23.9 Å². The van der Waals surface area contributed by atoms with Gasteiger partial charge in [-0.25, -0.2) is 19.4 Å². The highest BCUT2D eigenvalue weighted by molar-refractivity contribution is 7.09. The Hall–Kier alpha value is -3.22. The molecule has 2 aromatic heterocycles. The molecule has 0 aliphatic carbocycles. The lowest BCUT2D eigenvalue weighted by Gasteiger charge is -2.13. The first-order valence-electron chi connectivity index (χ1n) is 9.34. The number of aromatic nitrogens is 4. The molecule has 0 radical (unpaired) electrons. The molecule has 3 aromatic rings. The van der Waals surface area contributed by atoms with E-state index in [9.17, 15) is 31.1 Å². The maximum absolute atomic E-state index is 13.1. The summed E-state index contributed by atoms with van der Waals surface area (Å²) in [5, 5.41) is 6.23. The normalized spacial score (nSPS) is 12.9. The number of carbonyl (C=O) groups is 1. The Bertz CT molecular complexity index is 1120. The number of hydrogen-bond donors (Lipinski definition) is 0. The molecular formula is C20H16F6N4O2S. The van der Waals surface area contributed by atoms with E-state index in [1.54, 1.807) is 25.4 Å². The van der Waals surface area contributed by atoms with E-state index < -0.39 is 41.1 Å². The molecule has 0 atom stereocenters. The average molecular weight is 490 g/mol. The van der Waals surface area contributed by atoms with Gasteiger partial charge < -0.3 is 4.74 Å². The van der Waals surface area contributed by atoms with Gasteiger partial charge in [0, 0.05) is 29.8 Å². The van der Waals surface area contributed by atoms with Crippen LogP contribution in [0.2, 0.25) is 0 Å². The number of carbonyl (C=O) groups excluding carboxylic acids is 1. The van der Waals surface area contributed by atoms with Gasteiger partial charge in [-0.3, -0.25) is 0 Å². The maximum Gasteiger partial charge on any atom is 0.416 e. The molecule has 0 aliphatic heterocycles. The number of hydrogen-bond acceptors (Lipinski definition) is 6. The predicted octanol–water partition coefficient (Wildman–Crippen LogP) is 5.47. The number of benzene rings is 1. The van der Waals surface area contributed by atoms with Crippen molar-refractivity contribution in [1.82, 2.24) is 19.7 Å². The molecule has 0 fully saturated rings. The summed E-state index contributed by atoms with van der Waals surface area (Å²) in [5.41, 5.74) is -3.32. The molecule has 6 nitrogen and oxygen atoms in total. The molecule has 0 saturated carbocycles. The quantitative estimate of drug-likeness (QED) is 0.260. The first-order chi connectivity index (χ1) is 15.3. The van der Waals surface area contributed by atoms with Gasteiger partial charge in [-0.15, -0.1) is 16.4 Å². The SMILES string of the molecule is CC(C)OC(=O)C(=Cn1cnc(-c2cc(C(F)(F)F)cc(C(F)(F)F)c2)n1)Cc1nccs1. The van der Waals surface area contributed by atoms with Crippen LogP contribution in [0.15, 0.2) is 41.7 Å². The summed E-state index contributed by atoms with van der Waals surface area (Å²) in [6, 6.07) is 1.08. The van der Waals surface area contributed by atoms with E-state index in [0.29, 0.717) is 17.1 Å². The minimum Gasteiger partial charge on any atom is -0.460 e. The zero-order valence-corrected chi connectivity index (χ0v) is 17.9. The van der Waals surface area contributed by atoms with E-state index in [4.69, 9.17) is 4.74 Å². The summed E-state index contributed by atoms with van der Waals surface area (Å²) >= 11 is 1.29. The van der Waals surface area contributed by atoms with E-state index in [1.807, 2.05) is 0 Å². The first-order valence-corrected chi connectivity index (χ1v) is 10.2. The third-order valence-electron chi connectivity index (χ3n) is 4.07. The van der Waals surface area contributed by atoms with Crippen LogP contribution in [0.3, 0.4) is 0 Å². The van der Waals surface area contributed by atoms with Crippen molar-refractivity contribution < 1.29 is 35.9 Å². The Kier molecular flexibility index (Phi) is 6.91. The van der Waals surface area contributed by atoms with Crippen molar-refractivity contribution in [1.29, 1.82) is 0 Å². The molecule has 3 rings (SSSR count). The second-order valence-corrected chi connectivity index (χ2v) is 8.03. The highest BCUT2D eigenvalue weighted by atomic mass is 32.1. The van der Waals surface area contributed by atoms with Gasteiger partial charge in [-0.05, 0) is 32.0 Å². The van der Waals surface area contributed by atoms with Crippen molar-refractivity contribution in [2.75, 3.05) is 0 Å². The summed E-state index contributed by atoms with van der Waals surface area (Å²) in [7, 11) is 0. The van der Waals surface area contributed by atoms with Crippen LogP contribution in [0.5, 0.6) is 0 Å². The maximum atomic E-state index is 13.1. The van der Waals surface area contributed by atoms with Gasteiger partial charge in [-0.2, -0.15) is 26.3 Å². The smallest absolute Gasteiger partial charge is 0.416 e. The second-order valence-electron chi connectivity index (χ2n) is 7.05. The Balaban J connectivity index is 2.00. The number of nitrogens with zero attached hydrogens (tertiary/aromatic N) is 4. The molecule has 2 heterocycles. The highest BCUT2D eigenvalue weighted by Gasteiger charge is 2.37. The minimum absolute atomic E-state index is 0.0223. The van der Waals surface area contributed by atoms with Crippen LogP contribution in [0, 0.1) is 0 Å². The average Bonchev–Trinajstić information content (AvgIpc) is 3.37. The summed E-state index contributed by atoms with van der Waals surface area (Å²) in [4.78, 5) is 20.3. The number of alkyl halides is 6. The molecule has 0 unspecified atom stereocenters. The topological polar surface area (TPSA) is 69.9 Å². The zero-order valence-electron chi connectivity index (χ0n) is 17.1. The minimum atomic E-state index is -5.00. The van der Waals surface area contributed by atoms with Crippen molar-refractivity contribution in [2.24, 2.45) is 0 Å². The van der Waals surface area contributed by atoms with Crippen LogP contribution in [0.4, 0.5) is 26.3 Å². The molecule has 0 spiro atoms. The van der Waals surface area contributed by atoms with Crippen LogP contribution in [0.25, 0.3) is 17.6 Å². The van der Waals surface area contributed by atoms with Gasteiger partial charge >= 0.3 is 18.3 Å². The van der Waals surface area contributed by atoms with E-state index in [1.165, 1.54) is 17.5 Å². The van der Waals surface area contributed by atoms with Crippen LogP contribution in [-0.4, -0.2) is 31.8 Å². The lowest BCUT2D eigenvalue weighted by molar-refractivity contribution is -0.144. The van der Waals surface area contributed by atoms with Gasteiger partial charge in [0.05, 0.1) is 27.8 Å². The van der Waals surface area contributed by atoms with Crippen molar-refractivity contribution in [3.05, 3.63) is 57.8 Å². The number of rotatable bonds is 6. The lowest BCUT2D eigenvalue weighted by atomic mass is 10.0. The van der Waals surface area contributed by atoms with Gasteiger partial charge in [-0.1, -0.05) is 0 Å². The summed E-state index contributed by atoms with van der Waals surface area (Å²) in [5.74, 6) is -1.05. The van der Waals surface area contributed by atoms with Crippen LogP contribution in [0.1, 0.15) is 30.0 Å². The summed E-state index contributed by atoms with van der Waals surface area (Å²) in [6.07, 6.45) is -6.49. The Morgan fingerprint density at radius 3 is 2.24 bits per heavy atom.